The molecule has 2 heterocycles. The van der Waals surface area contributed by atoms with E-state index in [4.69, 9.17) is 0 Å². The predicted molar refractivity (Wildman–Crippen MR) is 99.2 cm³/mol. The van der Waals surface area contributed by atoms with E-state index in [1.807, 2.05) is 10.9 Å². The zero-order chi connectivity index (χ0) is 17.9. The fourth-order valence-electron chi connectivity index (χ4n) is 3.59. The molecule has 2 aromatic heterocycles. The van der Waals surface area contributed by atoms with Crippen molar-refractivity contribution in [2.24, 2.45) is 5.92 Å². The van der Waals surface area contributed by atoms with Crippen LogP contribution in [0.25, 0.3) is 11.0 Å². The van der Waals surface area contributed by atoms with Crippen molar-refractivity contribution in [2.45, 2.75) is 45.3 Å². The maximum absolute atomic E-state index is 9.68. The van der Waals surface area contributed by atoms with E-state index in [1.165, 1.54) is 32.1 Å². The zero-order valence-corrected chi connectivity index (χ0v) is 14.6. The minimum Gasteiger partial charge on any atom is -0.508 e. The highest BCUT2D eigenvalue weighted by Gasteiger charge is 2.16. The number of nitrogens with one attached hydrogen (secondary N) is 1. The van der Waals surface area contributed by atoms with Crippen LogP contribution in [0.5, 0.6) is 5.75 Å². The minimum absolute atomic E-state index is 0.0694. The molecule has 1 aromatic carbocycles. The Labute approximate surface area is 151 Å². The summed E-state index contributed by atoms with van der Waals surface area (Å²) in [6.07, 6.45) is 10.0. The fourth-order valence-corrected chi connectivity index (χ4v) is 3.59. The summed E-state index contributed by atoms with van der Waals surface area (Å²) in [6.45, 7) is 0.670. The Balaban J connectivity index is 1.57. The normalized spacial score (nSPS) is 15.4. The van der Waals surface area contributed by atoms with Gasteiger partial charge in [0.1, 0.15) is 5.75 Å². The van der Waals surface area contributed by atoms with E-state index in [0.717, 1.165) is 17.6 Å². The Morgan fingerprint density at radius 1 is 1.15 bits per heavy atom. The predicted octanol–water partition coefficient (Wildman–Crippen LogP) is 3.35. The van der Waals surface area contributed by atoms with Gasteiger partial charge in [-0.25, -0.2) is 9.67 Å². The maximum Gasteiger partial charge on any atom is 0.229 e. The van der Waals surface area contributed by atoms with E-state index in [-0.39, 0.29) is 12.4 Å². The van der Waals surface area contributed by atoms with Crippen molar-refractivity contribution in [3.05, 3.63) is 36.2 Å². The van der Waals surface area contributed by atoms with Crippen LogP contribution < -0.4 is 5.32 Å². The third kappa shape index (κ3) is 3.48. The summed E-state index contributed by atoms with van der Waals surface area (Å²) in [5.74, 6) is 1.21. The molecule has 136 valence electrons. The zero-order valence-electron chi connectivity index (χ0n) is 14.6. The number of aromatic nitrogens is 4. The second-order valence-corrected chi connectivity index (χ2v) is 6.93. The number of fused-ring (bicyclic) bond motifs is 1. The maximum atomic E-state index is 9.68. The molecule has 1 aliphatic rings. The first kappa shape index (κ1) is 16.8. The number of rotatable bonds is 5. The van der Waals surface area contributed by atoms with Gasteiger partial charge in [-0.1, -0.05) is 19.3 Å². The first-order chi connectivity index (χ1) is 12.7. The molecule has 7 nitrogen and oxygen atoms in total. The highest BCUT2D eigenvalue weighted by molar-refractivity contribution is 5.75. The van der Waals surface area contributed by atoms with Crippen molar-refractivity contribution in [3.63, 3.8) is 0 Å². The van der Waals surface area contributed by atoms with Gasteiger partial charge in [0, 0.05) is 24.0 Å². The molecular formula is C19H23N5O2. The molecule has 0 atom stereocenters. The molecule has 0 saturated heterocycles. The topological polar surface area (TPSA) is 96.1 Å². The van der Waals surface area contributed by atoms with Crippen LogP contribution in [0.4, 0.5) is 11.6 Å². The van der Waals surface area contributed by atoms with Crippen LogP contribution in [0.2, 0.25) is 0 Å². The summed E-state index contributed by atoms with van der Waals surface area (Å²) in [5, 5.41) is 27.5. The quantitative estimate of drug-likeness (QED) is 0.609. The molecule has 0 spiro atoms. The summed E-state index contributed by atoms with van der Waals surface area (Å²) in [4.78, 5) is 8.97. The Bertz CT molecular complexity index is 902. The van der Waals surface area contributed by atoms with E-state index >= 15 is 0 Å². The summed E-state index contributed by atoms with van der Waals surface area (Å²) < 4.78 is 1.98. The molecule has 0 unspecified atom stereocenters. The SMILES string of the molecule is OCc1cc(Nc2ncc3cnn(CC4CCCCC4)c3n2)ccc1O. The van der Waals surface area contributed by atoms with Crippen molar-refractivity contribution in [3.8, 4) is 5.75 Å². The number of hydrogen-bond acceptors (Lipinski definition) is 6. The lowest BCUT2D eigenvalue weighted by molar-refractivity contribution is 0.275. The van der Waals surface area contributed by atoms with E-state index < -0.39 is 0 Å². The van der Waals surface area contributed by atoms with E-state index in [9.17, 15) is 10.2 Å². The number of hydrogen-bond donors (Lipinski definition) is 3. The summed E-state index contributed by atoms with van der Waals surface area (Å²) in [6, 6.07) is 4.95. The molecule has 1 aliphatic carbocycles. The molecule has 0 aliphatic heterocycles. The Hall–Kier alpha value is -2.67. The first-order valence-electron chi connectivity index (χ1n) is 9.11. The van der Waals surface area contributed by atoms with Gasteiger partial charge < -0.3 is 15.5 Å². The molecule has 1 saturated carbocycles. The Morgan fingerprint density at radius 3 is 2.81 bits per heavy atom. The highest BCUT2D eigenvalue weighted by atomic mass is 16.3. The van der Waals surface area contributed by atoms with Crippen molar-refractivity contribution in [1.82, 2.24) is 19.7 Å². The van der Waals surface area contributed by atoms with Crippen molar-refractivity contribution < 1.29 is 10.2 Å². The Kier molecular flexibility index (Phi) is 4.71. The van der Waals surface area contributed by atoms with Crippen LogP contribution in [-0.4, -0.2) is 30.0 Å². The van der Waals surface area contributed by atoms with Crippen LogP contribution in [0.1, 0.15) is 37.7 Å². The lowest BCUT2D eigenvalue weighted by atomic mass is 9.89. The molecular weight excluding hydrogens is 330 g/mol. The fraction of sp³-hybridized carbons (Fsp3) is 0.421. The Morgan fingerprint density at radius 2 is 2.00 bits per heavy atom. The number of benzene rings is 1. The number of nitrogens with zero attached hydrogens (tertiary/aromatic N) is 4. The van der Waals surface area contributed by atoms with E-state index in [0.29, 0.717) is 23.1 Å². The number of anilines is 2. The molecule has 0 bridgehead atoms. The van der Waals surface area contributed by atoms with Gasteiger partial charge in [-0.15, -0.1) is 0 Å². The van der Waals surface area contributed by atoms with Crippen LogP contribution in [0.15, 0.2) is 30.6 Å². The number of phenols is 1. The van der Waals surface area contributed by atoms with Crippen LogP contribution in [-0.2, 0) is 13.2 Å². The third-order valence-electron chi connectivity index (χ3n) is 5.04. The first-order valence-corrected chi connectivity index (χ1v) is 9.11. The molecule has 0 amide bonds. The van der Waals surface area contributed by atoms with Gasteiger partial charge in [-0.05, 0) is 37.0 Å². The molecule has 7 heteroatoms. The molecule has 4 rings (SSSR count). The second kappa shape index (κ2) is 7.29. The molecule has 0 radical (unpaired) electrons. The van der Waals surface area contributed by atoms with Gasteiger partial charge in [-0.3, -0.25) is 0 Å². The summed E-state index contributed by atoms with van der Waals surface area (Å²) in [5.41, 5.74) is 2.00. The average molecular weight is 353 g/mol. The second-order valence-electron chi connectivity index (χ2n) is 6.93. The average Bonchev–Trinajstić information content (AvgIpc) is 3.06. The number of aromatic hydroxyl groups is 1. The van der Waals surface area contributed by atoms with Gasteiger partial charge >= 0.3 is 0 Å². The molecule has 3 N–H and O–H groups in total. The van der Waals surface area contributed by atoms with Gasteiger partial charge in [0.25, 0.3) is 0 Å². The van der Waals surface area contributed by atoms with Crippen molar-refractivity contribution in [2.75, 3.05) is 5.32 Å². The van der Waals surface area contributed by atoms with Gasteiger partial charge in [0.2, 0.25) is 5.95 Å². The number of aliphatic hydroxyl groups excluding tert-OH is 1. The molecule has 1 fully saturated rings. The molecule has 26 heavy (non-hydrogen) atoms. The van der Waals surface area contributed by atoms with Crippen molar-refractivity contribution >= 4 is 22.7 Å². The highest BCUT2D eigenvalue weighted by Crippen LogP contribution is 2.27. The number of aliphatic hydroxyl groups is 1. The molecule has 3 aromatic rings. The van der Waals surface area contributed by atoms with E-state index in [2.05, 4.69) is 20.4 Å². The summed E-state index contributed by atoms with van der Waals surface area (Å²) >= 11 is 0. The monoisotopic (exact) mass is 353 g/mol. The third-order valence-corrected chi connectivity index (χ3v) is 5.04. The standard InChI is InChI=1S/C19H23N5O2/c25-12-14-8-16(6-7-17(14)26)22-19-20-9-15-10-21-24(18(15)23-19)11-13-4-2-1-3-5-13/h6-10,13,25-26H,1-5,11-12H2,(H,20,22,23). The minimum atomic E-state index is -0.227. The lowest BCUT2D eigenvalue weighted by Gasteiger charge is -2.21. The largest absolute Gasteiger partial charge is 0.508 e. The van der Waals surface area contributed by atoms with Gasteiger partial charge in [0.15, 0.2) is 5.65 Å². The van der Waals surface area contributed by atoms with Gasteiger partial charge in [-0.2, -0.15) is 10.1 Å². The van der Waals surface area contributed by atoms with E-state index in [1.54, 1.807) is 24.4 Å². The van der Waals surface area contributed by atoms with Crippen LogP contribution >= 0.6 is 0 Å². The van der Waals surface area contributed by atoms with Gasteiger partial charge in [0.05, 0.1) is 18.2 Å². The van der Waals surface area contributed by atoms with Crippen LogP contribution in [0.3, 0.4) is 0 Å². The smallest absolute Gasteiger partial charge is 0.229 e. The summed E-state index contributed by atoms with van der Waals surface area (Å²) in [7, 11) is 0. The van der Waals surface area contributed by atoms with Crippen molar-refractivity contribution in [1.29, 1.82) is 0 Å². The van der Waals surface area contributed by atoms with Crippen LogP contribution in [0, 0.1) is 5.92 Å². The lowest BCUT2D eigenvalue weighted by Crippen LogP contribution is -2.15.